The van der Waals surface area contributed by atoms with Crippen molar-refractivity contribution in [3.8, 4) is 0 Å². The first-order chi connectivity index (χ1) is 19.2. The van der Waals surface area contributed by atoms with E-state index in [9.17, 15) is 0 Å². The third kappa shape index (κ3) is 6.60. The van der Waals surface area contributed by atoms with Crippen LogP contribution in [-0.4, -0.2) is 0 Å². The third-order valence-corrected chi connectivity index (χ3v) is 6.60. The molecule has 0 amide bonds. The van der Waals surface area contributed by atoms with Crippen molar-refractivity contribution in [2.75, 3.05) is 4.90 Å². The number of hydrogen-bond acceptors (Lipinski definition) is 1. The van der Waals surface area contributed by atoms with Crippen molar-refractivity contribution in [3.63, 3.8) is 0 Å². The Bertz CT molecular complexity index is 1460. The third-order valence-electron chi connectivity index (χ3n) is 6.60. The van der Waals surface area contributed by atoms with Crippen LogP contribution in [0.1, 0.15) is 33.4 Å². The molecule has 0 N–H and O–H groups in total. The molecule has 0 fully saturated rings. The zero-order chi connectivity index (χ0) is 26.9. The molecule has 0 aliphatic heterocycles. The predicted octanol–water partition coefficient (Wildman–Crippen LogP) is 10.8. The highest BCUT2D eigenvalue weighted by Gasteiger charge is 2.11. The van der Waals surface area contributed by atoms with Gasteiger partial charge in [0.2, 0.25) is 0 Å². The quantitative estimate of drug-likeness (QED) is 0.182. The molecule has 5 aromatic rings. The van der Waals surface area contributed by atoms with Gasteiger partial charge in [-0.3, -0.25) is 0 Å². The van der Waals surface area contributed by atoms with Crippen molar-refractivity contribution < 1.29 is 0 Å². The van der Waals surface area contributed by atoms with Crippen LogP contribution in [0.25, 0.3) is 36.5 Å². The van der Waals surface area contributed by atoms with Crippen molar-refractivity contribution in [2.24, 2.45) is 0 Å². The number of para-hydroxylation sites is 1. The topological polar surface area (TPSA) is 3.24 Å². The summed E-state index contributed by atoms with van der Waals surface area (Å²) in [7, 11) is 0. The maximum atomic E-state index is 3.82. The summed E-state index contributed by atoms with van der Waals surface area (Å²) in [6.07, 6.45) is 12.3. The second-order valence-corrected chi connectivity index (χ2v) is 9.26. The number of benzene rings is 5. The Morgan fingerprint density at radius 3 is 0.949 bits per heavy atom. The van der Waals surface area contributed by atoms with Crippen molar-refractivity contribution in [2.45, 2.75) is 0 Å². The van der Waals surface area contributed by atoms with Crippen molar-refractivity contribution in [3.05, 3.63) is 174 Å². The molecule has 0 atom stereocenters. The van der Waals surface area contributed by atoms with Gasteiger partial charge in [-0.1, -0.05) is 141 Å². The number of hydrogen-bond donors (Lipinski definition) is 0. The summed E-state index contributed by atoms with van der Waals surface area (Å²) in [5, 5.41) is 0. The molecule has 0 aliphatic carbocycles. The molecule has 0 spiro atoms. The summed E-state index contributed by atoms with van der Waals surface area (Å²) >= 11 is 0. The van der Waals surface area contributed by atoms with Crippen LogP contribution in [0.2, 0.25) is 0 Å². The van der Waals surface area contributed by atoms with E-state index in [0.29, 0.717) is 0 Å². The Labute approximate surface area is 232 Å². The average molecular weight is 502 g/mol. The molecule has 0 radical (unpaired) electrons. The highest BCUT2D eigenvalue weighted by atomic mass is 15.1. The molecule has 0 aromatic heterocycles. The normalized spacial score (nSPS) is 11.1. The van der Waals surface area contributed by atoms with Crippen LogP contribution in [0, 0.1) is 0 Å². The lowest BCUT2D eigenvalue weighted by atomic mass is 10.1. The van der Waals surface area contributed by atoms with Crippen LogP contribution in [0.4, 0.5) is 17.1 Å². The minimum Gasteiger partial charge on any atom is -0.311 e. The molecular formula is C38H31N. The smallest absolute Gasteiger partial charge is 0.0462 e. The zero-order valence-corrected chi connectivity index (χ0v) is 21.9. The highest BCUT2D eigenvalue weighted by molar-refractivity contribution is 5.79. The van der Waals surface area contributed by atoms with E-state index in [1.54, 1.807) is 0 Å². The summed E-state index contributed by atoms with van der Waals surface area (Å²) in [6.45, 7) is 7.64. The van der Waals surface area contributed by atoms with Gasteiger partial charge in [0.1, 0.15) is 0 Å². The molecule has 5 aromatic carbocycles. The van der Waals surface area contributed by atoms with Crippen LogP contribution in [0.5, 0.6) is 0 Å². The molecule has 0 saturated carbocycles. The van der Waals surface area contributed by atoms with Gasteiger partial charge >= 0.3 is 0 Å². The maximum Gasteiger partial charge on any atom is 0.0462 e. The Morgan fingerprint density at radius 1 is 0.333 bits per heavy atom. The van der Waals surface area contributed by atoms with Gasteiger partial charge in [-0.15, -0.1) is 0 Å². The van der Waals surface area contributed by atoms with E-state index in [2.05, 4.69) is 164 Å². The molecule has 188 valence electrons. The number of rotatable bonds is 9. The van der Waals surface area contributed by atoms with E-state index >= 15 is 0 Å². The molecule has 1 nitrogen and oxygen atoms in total. The van der Waals surface area contributed by atoms with E-state index in [0.717, 1.165) is 39.3 Å². The average Bonchev–Trinajstić information content (AvgIpc) is 3.01. The van der Waals surface area contributed by atoms with Crippen molar-refractivity contribution >= 4 is 53.5 Å². The van der Waals surface area contributed by atoms with Crippen LogP contribution in [0.15, 0.2) is 141 Å². The summed E-state index contributed by atoms with van der Waals surface area (Å²) in [5.41, 5.74) is 10.2. The van der Waals surface area contributed by atoms with Gasteiger partial charge in [-0.05, 0) is 69.8 Å². The first-order valence-corrected chi connectivity index (χ1v) is 13.1. The lowest BCUT2D eigenvalue weighted by Gasteiger charge is -2.25. The lowest BCUT2D eigenvalue weighted by Crippen LogP contribution is -2.09. The lowest BCUT2D eigenvalue weighted by molar-refractivity contribution is 1.28. The molecule has 0 saturated heterocycles. The second-order valence-electron chi connectivity index (χ2n) is 9.26. The fourth-order valence-corrected chi connectivity index (χ4v) is 4.36. The van der Waals surface area contributed by atoms with Crippen LogP contribution >= 0.6 is 0 Å². The molecule has 0 unspecified atom stereocenters. The minimum absolute atomic E-state index is 1.11. The van der Waals surface area contributed by atoms with Crippen LogP contribution < -0.4 is 4.90 Å². The predicted molar refractivity (Wildman–Crippen MR) is 172 cm³/mol. The summed E-state index contributed by atoms with van der Waals surface area (Å²) < 4.78 is 0. The van der Waals surface area contributed by atoms with Crippen LogP contribution in [0.3, 0.4) is 0 Å². The van der Waals surface area contributed by atoms with Gasteiger partial charge in [0.25, 0.3) is 0 Å². The van der Waals surface area contributed by atoms with Gasteiger partial charge in [-0.25, -0.2) is 0 Å². The first kappa shape index (κ1) is 25.5. The van der Waals surface area contributed by atoms with Gasteiger partial charge in [0.15, 0.2) is 0 Å². The van der Waals surface area contributed by atoms with E-state index < -0.39 is 0 Å². The molecular weight excluding hydrogens is 470 g/mol. The summed E-state index contributed by atoms with van der Waals surface area (Å²) in [4.78, 5) is 2.28. The molecule has 5 rings (SSSR count). The van der Waals surface area contributed by atoms with E-state index in [-0.39, 0.29) is 0 Å². The fraction of sp³-hybridized carbons (Fsp3) is 0. The number of nitrogens with zero attached hydrogens (tertiary/aromatic N) is 1. The SMILES string of the molecule is C=Cc1ccc(C=Cc2ccc(N(c3ccccc3)c3ccc(C=Cc4ccc(C=C)cc4)cc3)cc2)cc1. The maximum absolute atomic E-state index is 3.82. The van der Waals surface area contributed by atoms with E-state index in [1.807, 2.05) is 18.2 Å². The number of anilines is 3. The molecule has 0 heterocycles. The standard InChI is InChI=1S/C38H31N/c1-3-30-10-14-32(15-11-30)18-20-34-22-26-37(27-23-34)39(36-8-6-5-7-9-36)38-28-24-35(25-29-38)21-19-33-16-12-31(4-2)13-17-33/h3-29H,1-2H2. The van der Waals surface area contributed by atoms with Crippen molar-refractivity contribution in [1.29, 1.82) is 0 Å². The fourth-order valence-electron chi connectivity index (χ4n) is 4.36. The summed E-state index contributed by atoms with van der Waals surface area (Å²) in [6, 6.07) is 44.6. The van der Waals surface area contributed by atoms with Crippen LogP contribution in [-0.2, 0) is 0 Å². The summed E-state index contributed by atoms with van der Waals surface area (Å²) in [5.74, 6) is 0. The van der Waals surface area contributed by atoms with E-state index in [4.69, 9.17) is 0 Å². The van der Waals surface area contributed by atoms with Crippen molar-refractivity contribution in [1.82, 2.24) is 0 Å². The Balaban J connectivity index is 1.36. The largest absolute Gasteiger partial charge is 0.311 e. The molecule has 1 heteroatoms. The Hall–Kier alpha value is -5.14. The monoisotopic (exact) mass is 501 g/mol. The van der Waals surface area contributed by atoms with Gasteiger partial charge in [0, 0.05) is 17.1 Å². The Kier molecular flexibility index (Phi) is 8.11. The molecule has 39 heavy (non-hydrogen) atoms. The van der Waals surface area contributed by atoms with E-state index in [1.165, 1.54) is 11.1 Å². The minimum atomic E-state index is 1.11. The molecule has 0 bridgehead atoms. The molecule has 0 aliphatic rings. The van der Waals surface area contributed by atoms with Gasteiger partial charge in [-0.2, -0.15) is 0 Å². The first-order valence-electron chi connectivity index (χ1n) is 13.1. The van der Waals surface area contributed by atoms with Gasteiger partial charge in [0.05, 0.1) is 0 Å². The highest BCUT2D eigenvalue weighted by Crippen LogP contribution is 2.34. The van der Waals surface area contributed by atoms with Gasteiger partial charge < -0.3 is 4.90 Å². The Morgan fingerprint density at radius 2 is 0.615 bits per heavy atom. The zero-order valence-electron chi connectivity index (χ0n) is 21.9. The second kappa shape index (κ2) is 12.4.